The largest absolute Gasteiger partial charge is 0.385 e. The molecule has 1 rings (SSSR count). The molecule has 0 heterocycles. The van der Waals surface area contributed by atoms with Crippen LogP contribution in [-0.4, -0.2) is 24.7 Å². The van der Waals surface area contributed by atoms with Gasteiger partial charge >= 0.3 is 0 Å². The van der Waals surface area contributed by atoms with Crippen molar-refractivity contribution in [1.82, 2.24) is 0 Å². The highest BCUT2D eigenvalue weighted by Crippen LogP contribution is 2.24. The molecule has 1 N–H and O–H groups in total. The third-order valence-electron chi connectivity index (χ3n) is 1.91. The second-order valence-electron chi connectivity index (χ2n) is 2.91. The number of nitro benzene ring substituents is 1. The van der Waals surface area contributed by atoms with Gasteiger partial charge in [0.15, 0.2) is 0 Å². The van der Waals surface area contributed by atoms with Crippen LogP contribution >= 0.6 is 0 Å². The molecule has 0 saturated carbocycles. The van der Waals surface area contributed by atoms with Gasteiger partial charge < -0.3 is 5.32 Å². The number of nitrogens with zero attached hydrogens (tertiary/aromatic N) is 2. The van der Waals surface area contributed by atoms with Crippen molar-refractivity contribution in [2.75, 3.05) is 18.9 Å². The zero-order chi connectivity index (χ0) is 11.3. The third-order valence-corrected chi connectivity index (χ3v) is 1.91. The van der Waals surface area contributed by atoms with E-state index in [1.807, 2.05) is 6.92 Å². The van der Waals surface area contributed by atoms with Gasteiger partial charge in [0.2, 0.25) is 0 Å². The van der Waals surface area contributed by atoms with Gasteiger partial charge in [-0.25, -0.2) is 0 Å². The summed E-state index contributed by atoms with van der Waals surface area (Å²) in [6.07, 6.45) is 1.50. The summed E-state index contributed by atoms with van der Waals surface area (Å²) in [5.41, 5.74) is 1.32. The fourth-order valence-electron chi connectivity index (χ4n) is 1.32. The lowest BCUT2D eigenvalue weighted by atomic mass is 10.1. The average molecular weight is 207 g/mol. The molecule has 0 radical (unpaired) electrons. The first-order valence-electron chi connectivity index (χ1n) is 4.64. The normalized spacial score (nSPS) is 10.5. The van der Waals surface area contributed by atoms with E-state index in [4.69, 9.17) is 0 Å². The summed E-state index contributed by atoms with van der Waals surface area (Å²) in [6.45, 7) is 2.65. The van der Waals surface area contributed by atoms with E-state index in [9.17, 15) is 10.1 Å². The predicted octanol–water partition coefficient (Wildman–Crippen LogP) is 2.08. The summed E-state index contributed by atoms with van der Waals surface area (Å²) in [4.78, 5) is 14.2. The molecular weight excluding hydrogens is 194 g/mol. The highest BCUT2D eigenvalue weighted by molar-refractivity contribution is 5.92. The van der Waals surface area contributed by atoms with Crippen molar-refractivity contribution in [2.24, 2.45) is 4.99 Å². The number of benzene rings is 1. The van der Waals surface area contributed by atoms with Crippen LogP contribution in [0.1, 0.15) is 12.5 Å². The van der Waals surface area contributed by atoms with Gasteiger partial charge in [-0.3, -0.25) is 15.1 Å². The molecule has 1 aromatic carbocycles. The zero-order valence-corrected chi connectivity index (χ0v) is 8.73. The standard InChI is InChI=1S/C10H13N3O2/c1-3-12-9-5-4-6-10(13(14)15)8(9)7-11-2/h4-7,12H,3H2,1-2H3. The lowest BCUT2D eigenvalue weighted by Crippen LogP contribution is -2.03. The summed E-state index contributed by atoms with van der Waals surface area (Å²) < 4.78 is 0. The molecule has 0 aromatic heterocycles. The highest BCUT2D eigenvalue weighted by Gasteiger charge is 2.14. The van der Waals surface area contributed by atoms with Crippen molar-refractivity contribution in [3.05, 3.63) is 33.9 Å². The fraction of sp³-hybridized carbons (Fsp3) is 0.300. The maximum atomic E-state index is 10.8. The first kappa shape index (κ1) is 11.2. The SMILES string of the molecule is CCNc1cccc([N+](=O)[O-])c1C=NC. The van der Waals surface area contributed by atoms with Gasteiger partial charge in [0.25, 0.3) is 5.69 Å². The average Bonchev–Trinajstić information content (AvgIpc) is 2.21. The second kappa shape index (κ2) is 5.09. The van der Waals surface area contributed by atoms with Crippen LogP contribution in [0.4, 0.5) is 11.4 Å². The van der Waals surface area contributed by atoms with Crippen LogP contribution in [0.25, 0.3) is 0 Å². The topological polar surface area (TPSA) is 67.5 Å². The molecule has 0 fully saturated rings. The second-order valence-corrected chi connectivity index (χ2v) is 2.91. The smallest absolute Gasteiger partial charge is 0.280 e. The Morgan fingerprint density at radius 3 is 2.87 bits per heavy atom. The molecular formula is C10H13N3O2. The molecule has 5 nitrogen and oxygen atoms in total. The number of nitrogens with one attached hydrogen (secondary N) is 1. The fourth-order valence-corrected chi connectivity index (χ4v) is 1.32. The van der Waals surface area contributed by atoms with Crippen LogP contribution < -0.4 is 5.32 Å². The summed E-state index contributed by atoms with van der Waals surface area (Å²) in [5, 5.41) is 13.8. The van der Waals surface area contributed by atoms with Crippen LogP contribution in [-0.2, 0) is 0 Å². The Kier molecular flexibility index (Phi) is 3.79. The number of aliphatic imine (C=N–C) groups is 1. The van der Waals surface area contributed by atoms with Crippen LogP contribution in [0.5, 0.6) is 0 Å². The molecule has 0 spiro atoms. The van der Waals surface area contributed by atoms with Crippen LogP contribution in [0.15, 0.2) is 23.2 Å². The summed E-state index contributed by atoms with van der Waals surface area (Å²) in [7, 11) is 1.59. The molecule has 0 aliphatic heterocycles. The van der Waals surface area contributed by atoms with Crippen molar-refractivity contribution < 1.29 is 4.92 Å². The van der Waals surface area contributed by atoms with Gasteiger partial charge in [0.05, 0.1) is 10.5 Å². The van der Waals surface area contributed by atoms with E-state index in [2.05, 4.69) is 10.3 Å². The van der Waals surface area contributed by atoms with E-state index < -0.39 is 4.92 Å². The van der Waals surface area contributed by atoms with Crippen molar-refractivity contribution in [2.45, 2.75) is 6.92 Å². The molecule has 0 aliphatic carbocycles. The molecule has 80 valence electrons. The Labute approximate surface area is 88.0 Å². The van der Waals surface area contributed by atoms with E-state index in [1.54, 1.807) is 19.2 Å². The molecule has 5 heteroatoms. The maximum absolute atomic E-state index is 10.8. The number of hydrogen-bond donors (Lipinski definition) is 1. The van der Waals surface area contributed by atoms with Crippen molar-refractivity contribution in [1.29, 1.82) is 0 Å². The monoisotopic (exact) mass is 207 g/mol. The van der Waals surface area contributed by atoms with Gasteiger partial charge in [0.1, 0.15) is 0 Å². The maximum Gasteiger partial charge on any atom is 0.280 e. The van der Waals surface area contributed by atoms with Gasteiger partial charge in [0, 0.05) is 31.6 Å². The van der Waals surface area contributed by atoms with Gasteiger partial charge in [-0.05, 0) is 13.0 Å². The van der Waals surface area contributed by atoms with E-state index in [1.165, 1.54) is 12.3 Å². The molecule has 0 aliphatic rings. The minimum absolute atomic E-state index is 0.0686. The molecule has 1 aromatic rings. The van der Waals surface area contributed by atoms with Crippen molar-refractivity contribution in [3.8, 4) is 0 Å². The van der Waals surface area contributed by atoms with Crippen LogP contribution in [0, 0.1) is 10.1 Å². The van der Waals surface area contributed by atoms with Crippen molar-refractivity contribution in [3.63, 3.8) is 0 Å². The van der Waals surface area contributed by atoms with E-state index in [-0.39, 0.29) is 5.69 Å². The minimum Gasteiger partial charge on any atom is -0.385 e. The Balaban J connectivity index is 3.27. The van der Waals surface area contributed by atoms with Gasteiger partial charge in [-0.1, -0.05) is 6.07 Å². The number of hydrogen-bond acceptors (Lipinski definition) is 4. The first-order valence-corrected chi connectivity index (χ1v) is 4.64. The van der Waals surface area contributed by atoms with Crippen LogP contribution in [0.3, 0.4) is 0 Å². The Morgan fingerprint density at radius 2 is 2.33 bits per heavy atom. The quantitative estimate of drug-likeness (QED) is 0.467. The van der Waals surface area contributed by atoms with Gasteiger partial charge in [-0.2, -0.15) is 0 Å². The Bertz CT molecular complexity index is 388. The molecule has 0 bridgehead atoms. The van der Waals surface area contributed by atoms with E-state index in [0.717, 1.165) is 5.69 Å². The van der Waals surface area contributed by atoms with Gasteiger partial charge in [-0.15, -0.1) is 0 Å². The third kappa shape index (κ3) is 2.52. The summed E-state index contributed by atoms with van der Waals surface area (Å²) in [5.74, 6) is 0. The van der Waals surface area contributed by atoms with Crippen molar-refractivity contribution >= 4 is 17.6 Å². The number of anilines is 1. The molecule has 0 amide bonds. The van der Waals surface area contributed by atoms with Crippen LogP contribution in [0.2, 0.25) is 0 Å². The minimum atomic E-state index is -0.405. The molecule has 0 saturated heterocycles. The first-order chi connectivity index (χ1) is 7.20. The molecule has 0 unspecified atom stereocenters. The van der Waals surface area contributed by atoms with E-state index in [0.29, 0.717) is 12.1 Å². The molecule has 15 heavy (non-hydrogen) atoms. The summed E-state index contributed by atoms with van der Waals surface area (Å²) in [6, 6.07) is 4.93. The Hall–Kier alpha value is -1.91. The van der Waals surface area contributed by atoms with E-state index >= 15 is 0 Å². The zero-order valence-electron chi connectivity index (χ0n) is 8.73. The number of nitro groups is 1. The Morgan fingerprint density at radius 1 is 1.60 bits per heavy atom. The predicted molar refractivity (Wildman–Crippen MR) is 60.8 cm³/mol. The number of rotatable bonds is 4. The lowest BCUT2D eigenvalue weighted by Gasteiger charge is -2.06. The highest BCUT2D eigenvalue weighted by atomic mass is 16.6. The summed E-state index contributed by atoms with van der Waals surface area (Å²) >= 11 is 0. The lowest BCUT2D eigenvalue weighted by molar-refractivity contribution is -0.384. The molecule has 0 atom stereocenters.